The number of carbonyl (C=O) groups excluding carboxylic acids is 1. The molecule has 0 aliphatic carbocycles. The molecular formula is C13H19N3O4S. The Balaban J connectivity index is 1.86. The normalized spacial score (nSPS) is 19.0. The van der Waals surface area contributed by atoms with E-state index in [9.17, 15) is 13.2 Å². The van der Waals surface area contributed by atoms with Crippen LogP contribution in [0, 0.1) is 0 Å². The summed E-state index contributed by atoms with van der Waals surface area (Å²) in [6.07, 6.45) is 1.42. The van der Waals surface area contributed by atoms with Crippen molar-refractivity contribution in [3.63, 3.8) is 0 Å². The van der Waals surface area contributed by atoms with Gasteiger partial charge in [-0.3, -0.25) is 9.52 Å². The molecule has 0 radical (unpaired) electrons. The SMILES string of the molecule is CS(=O)(=O)Nc1ccc(NC(=O)CC2COCCN2)cc1. The number of amides is 1. The lowest BCUT2D eigenvalue weighted by Gasteiger charge is -2.23. The van der Waals surface area contributed by atoms with Gasteiger partial charge in [-0.15, -0.1) is 0 Å². The van der Waals surface area contributed by atoms with Crippen LogP contribution < -0.4 is 15.4 Å². The molecule has 1 heterocycles. The number of benzene rings is 1. The molecule has 0 saturated carbocycles. The lowest BCUT2D eigenvalue weighted by Crippen LogP contribution is -2.43. The predicted octanol–water partition coefficient (Wildman–Crippen LogP) is 0.375. The van der Waals surface area contributed by atoms with Crippen molar-refractivity contribution in [3.05, 3.63) is 24.3 Å². The first-order valence-electron chi connectivity index (χ1n) is 6.61. The summed E-state index contributed by atoms with van der Waals surface area (Å²) in [5.41, 5.74) is 1.08. The van der Waals surface area contributed by atoms with Crippen molar-refractivity contribution in [2.45, 2.75) is 12.5 Å². The van der Waals surface area contributed by atoms with E-state index >= 15 is 0 Å². The number of nitrogens with one attached hydrogen (secondary N) is 3. The van der Waals surface area contributed by atoms with Crippen LogP contribution in [0.25, 0.3) is 0 Å². The average Bonchev–Trinajstić information content (AvgIpc) is 2.40. The molecule has 1 aromatic carbocycles. The summed E-state index contributed by atoms with van der Waals surface area (Å²) in [6.45, 7) is 1.96. The number of anilines is 2. The van der Waals surface area contributed by atoms with Gasteiger partial charge in [-0.1, -0.05) is 0 Å². The maximum atomic E-state index is 11.9. The van der Waals surface area contributed by atoms with Gasteiger partial charge in [0.2, 0.25) is 15.9 Å². The van der Waals surface area contributed by atoms with Crippen molar-refractivity contribution in [3.8, 4) is 0 Å². The van der Waals surface area contributed by atoms with E-state index in [0.29, 0.717) is 31.0 Å². The number of ether oxygens (including phenoxy) is 1. The molecule has 1 aliphatic rings. The van der Waals surface area contributed by atoms with Gasteiger partial charge < -0.3 is 15.4 Å². The quantitative estimate of drug-likeness (QED) is 0.730. The molecular weight excluding hydrogens is 294 g/mol. The highest BCUT2D eigenvalue weighted by molar-refractivity contribution is 7.92. The summed E-state index contributed by atoms with van der Waals surface area (Å²) in [7, 11) is -3.29. The highest BCUT2D eigenvalue weighted by Gasteiger charge is 2.16. The molecule has 0 bridgehead atoms. The smallest absolute Gasteiger partial charge is 0.229 e. The Morgan fingerprint density at radius 1 is 1.33 bits per heavy atom. The average molecular weight is 313 g/mol. The van der Waals surface area contributed by atoms with Gasteiger partial charge in [0.15, 0.2) is 0 Å². The Morgan fingerprint density at radius 3 is 2.57 bits per heavy atom. The summed E-state index contributed by atoms with van der Waals surface area (Å²) in [5.74, 6) is -0.109. The zero-order chi connectivity index (χ0) is 15.3. The fraction of sp³-hybridized carbons (Fsp3) is 0.462. The fourth-order valence-electron chi connectivity index (χ4n) is 2.02. The Bertz CT molecular complexity index is 580. The first-order chi connectivity index (χ1) is 9.92. The molecule has 2 rings (SSSR count). The summed E-state index contributed by atoms with van der Waals surface area (Å²) in [5, 5.41) is 5.98. The molecule has 1 unspecified atom stereocenters. The topological polar surface area (TPSA) is 96.5 Å². The molecule has 3 N–H and O–H groups in total. The number of rotatable bonds is 5. The summed E-state index contributed by atoms with van der Waals surface area (Å²) in [6, 6.07) is 6.52. The second-order valence-electron chi connectivity index (χ2n) is 4.93. The standard InChI is InChI=1S/C13H19N3O4S/c1-21(18,19)16-11-4-2-10(3-5-11)15-13(17)8-12-9-20-7-6-14-12/h2-5,12,14,16H,6-9H2,1H3,(H,15,17). The van der Waals surface area contributed by atoms with E-state index in [0.717, 1.165) is 12.8 Å². The fourth-order valence-corrected chi connectivity index (χ4v) is 2.59. The molecule has 7 nitrogen and oxygen atoms in total. The third-order valence-corrected chi connectivity index (χ3v) is 3.51. The zero-order valence-corrected chi connectivity index (χ0v) is 12.6. The second-order valence-corrected chi connectivity index (χ2v) is 6.68. The number of sulfonamides is 1. The van der Waals surface area contributed by atoms with Crippen LogP contribution in [0.5, 0.6) is 0 Å². The van der Waals surface area contributed by atoms with Crippen LogP contribution in [0.1, 0.15) is 6.42 Å². The summed E-state index contributed by atoms with van der Waals surface area (Å²) < 4.78 is 29.8. The Labute approximate surface area is 124 Å². The number of morpholine rings is 1. The third-order valence-electron chi connectivity index (χ3n) is 2.90. The number of hydrogen-bond donors (Lipinski definition) is 3. The van der Waals surface area contributed by atoms with E-state index < -0.39 is 10.0 Å². The van der Waals surface area contributed by atoms with Crippen molar-refractivity contribution < 1.29 is 17.9 Å². The molecule has 1 fully saturated rings. The zero-order valence-electron chi connectivity index (χ0n) is 11.8. The van der Waals surface area contributed by atoms with E-state index in [4.69, 9.17) is 4.74 Å². The molecule has 1 aromatic rings. The van der Waals surface area contributed by atoms with Crippen LogP contribution in [0.3, 0.4) is 0 Å². The van der Waals surface area contributed by atoms with Crippen molar-refractivity contribution in [2.24, 2.45) is 0 Å². The highest BCUT2D eigenvalue weighted by atomic mass is 32.2. The Hall–Kier alpha value is -1.64. The lowest BCUT2D eigenvalue weighted by atomic mass is 10.2. The van der Waals surface area contributed by atoms with E-state index in [-0.39, 0.29) is 11.9 Å². The van der Waals surface area contributed by atoms with Gasteiger partial charge in [0.25, 0.3) is 0 Å². The van der Waals surface area contributed by atoms with E-state index in [1.807, 2.05) is 0 Å². The Kier molecular flexibility index (Phi) is 5.16. The van der Waals surface area contributed by atoms with Crippen LogP contribution in [0.4, 0.5) is 11.4 Å². The third kappa shape index (κ3) is 5.70. The molecule has 8 heteroatoms. The molecule has 0 spiro atoms. The van der Waals surface area contributed by atoms with Gasteiger partial charge in [0.05, 0.1) is 19.5 Å². The highest BCUT2D eigenvalue weighted by Crippen LogP contribution is 2.15. The first-order valence-corrected chi connectivity index (χ1v) is 8.50. The minimum absolute atomic E-state index is 0.0323. The maximum absolute atomic E-state index is 11.9. The molecule has 1 aliphatic heterocycles. The van der Waals surface area contributed by atoms with Crippen LogP contribution in [0.15, 0.2) is 24.3 Å². The van der Waals surface area contributed by atoms with E-state index in [2.05, 4.69) is 15.4 Å². The molecule has 21 heavy (non-hydrogen) atoms. The Morgan fingerprint density at radius 2 is 2.00 bits per heavy atom. The van der Waals surface area contributed by atoms with Crippen molar-refractivity contribution in [1.29, 1.82) is 0 Å². The minimum Gasteiger partial charge on any atom is -0.378 e. The molecule has 0 aromatic heterocycles. The maximum Gasteiger partial charge on any atom is 0.229 e. The number of carbonyl (C=O) groups is 1. The van der Waals surface area contributed by atoms with Crippen LogP contribution in [-0.2, 0) is 19.6 Å². The number of hydrogen-bond acceptors (Lipinski definition) is 5. The van der Waals surface area contributed by atoms with Crippen LogP contribution in [0.2, 0.25) is 0 Å². The summed E-state index contributed by atoms with van der Waals surface area (Å²) in [4.78, 5) is 11.9. The van der Waals surface area contributed by atoms with Gasteiger partial charge in [0.1, 0.15) is 0 Å². The molecule has 1 atom stereocenters. The minimum atomic E-state index is -3.29. The second kappa shape index (κ2) is 6.88. The van der Waals surface area contributed by atoms with Gasteiger partial charge in [-0.05, 0) is 24.3 Å². The van der Waals surface area contributed by atoms with Gasteiger partial charge in [0, 0.05) is 30.4 Å². The van der Waals surface area contributed by atoms with E-state index in [1.54, 1.807) is 24.3 Å². The van der Waals surface area contributed by atoms with Crippen LogP contribution >= 0.6 is 0 Å². The summed E-state index contributed by atoms with van der Waals surface area (Å²) >= 11 is 0. The van der Waals surface area contributed by atoms with Crippen molar-refractivity contribution >= 4 is 27.3 Å². The van der Waals surface area contributed by atoms with Crippen molar-refractivity contribution in [1.82, 2.24) is 5.32 Å². The van der Waals surface area contributed by atoms with E-state index in [1.165, 1.54) is 0 Å². The molecule has 116 valence electrons. The van der Waals surface area contributed by atoms with Gasteiger partial charge in [-0.2, -0.15) is 0 Å². The first kappa shape index (κ1) is 15.7. The van der Waals surface area contributed by atoms with Crippen LogP contribution in [-0.4, -0.2) is 46.4 Å². The molecule has 1 amide bonds. The monoisotopic (exact) mass is 313 g/mol. The molecule has 1 saturated heterocycles. The van der Waals surface area contributed by atoms with Crippen molar-refractivity contribution in [2.75, 3.05) is 36.1 Å². The largest absolute Gasteiger partial charge is 0.378 e. The predicted molar refractivity (Wildman–Crippen MR) is 80.8 cm³/mol. The van der Waals surface area contributed by atoms with Gasteiger partial charge >= 0.3 is 0 Å². The lowest BCUT2D eigenvalue weighted by molar-refractivity contribution is -0.117. The van der Waals surface area contributed by atoms with Gasteiger partial charge in [-0.25, -0.2) is 8.42 Å².